The second kappa shape index (κ2) is 8.44. The third-order valence-electron chi connectivity index (χ3n) is 7.51. The van der Waals surface area contributed by atoms with E-state index in [1.165, 1.54) is 12.1 Å². The molecule has 1 amide bonds. The molecule has 1 aromatic carbocycles. The fraction of sp³-hybridized carbons (Fsp3) is 0.407. The van der Waals surface area contributed by atoms with Gasteiger partial charge in [0.1, 0.15) is 17.2 Å². The average Bonchev–Trinajstić information content (AvgIpc) is 3.66. The Morgan fingerprint density at radius 2 is 1.89 bits per heavy atom. The standard InChI is InChI=1S/C27H28N6O3/c1-28-25-20-9-29-24(32-26(34)17-2-3-17)8-19(20)21(10-30-25)27-31-22-7-18(4-5-23(22)36-27)33-11-15-6-16(12-33)14-35-13-15/h4-5,7-10,15-17H,2-3,6,11-14H2,1H3,(H,28,30)(H,29,32,34). The molecule has 184 valence electrons. The number of pyridine rings is 2. The van der Waals surface area contributed by atoms with E-state index in [9.17, 15) is 4.79 Å². The summed E-state index contributed by atoms with van der Waals surface area (Å²) in [5.74, 6) is 3.03. The summed E-state index contributed by atoms with van der Waals surface area (Å²) >= 11 is 0. The second-order valence-electron chi connectivity index (χ2n) is 10.2. The van der Waals surface area contributed by atoms with Gasteiger partial charge in [0.25, 0.3) is 0 Å². The highest BCUT2D eigenvalue weighted by molar-refractivity contribution is 6.03. The van der Waals surface area contributed by atoms with Crippen molar-refractivity contribution in [3.63, 3.8) is 0 Å². The number of carbonyl (C=O) groups is 1. The molecule has 1 aliphatic carbocycles. The van der Waals surface area contributed by atoms with Crippen LogP contribution in [-0.4, -0.2) is 54.2 Å². The molecule has 0 radical (unpaired) electrons. The second-order valence-corrected chi connectivity index (χ2v) is 10.2. The van der Waals surface area contributed by atoms with Gasteiger partial charge in [-0.05, 0) is 43.5 Å². The minimum atomic E-state index is 0.0223. The zero-order chi connectivity index (χ0) is 24.2. The molecule has 9 nitrogen and oxygen atoms in total. The Balaban J connectivity index is 1.26. The lowest BCUT2D eigenvalue weighted by Gasteiger charge is -2.42. The molecule has 9 heteroatoms. The molecular formula is C27H28N6O3. The van der Waals surface area contributed by atoms with Gasteiger partial charge in [-0.15, -0.1) is 0 Å². The van der Waals surface area contributed by atoms with Gasteiger partial charge < -0.3 is 24.7 Å². The maximum absolute atomic E-state index is 12.3. The van der Waals surface area contributed by atoms with Gasteiger partial charge in [-0.2, -0.15) is 0 Å². The molecule has 0 spiro atoms. The predicted molar refractivity (Wildman–Crippen MR) is 138 cm³/mol. The summed E-state index contributed by atoms with van der Waals surface area (Å²) < 4.78 is 12.0. The Bertz CT molecular complexity index is 1470. The molecule has 1 saturated carbocycles. The van der Waals surface area contributed by atoms with Crippen molar-refractivity contribution >= 4 is 45.1 Å². The van der Waals surface area contributed by atoms with E-state index in [0.717, 1.165) is 66.6 Å². The van der Waals surface area contributed by atoms with E-state index >= 15 is 0 Å². The van der Waals surface area contributed by atoms with Crippen LogP contribution in [0.15, 0.2) is 41.1 Å². The van der Waals surface area contributed by atoms with Gasteiger partial charge in [0.2, 0.25) is 11.8 Å². The van der Waals surface area contributed by atoms with Crippen LogP contribution in [0, 0.1) is 17.8 Å². The summed E-state index contributed by atoms with van der Waals surface area (Å²) in [6, 6.07) is 8.12. The average molecular weight is 485 g/mol. The number of anilines is 3. The lowest BCUT2D eigenvalue weighted by Crippen LogP contribution is -2.46. The number of nitrogens with zero attached hydrogens (tertiary/aromatic N) is 4. The third kappa shape index (κ3) is 3.83. The monoisotopic (exact) mass is 484 g/mol. The van der Waals surface area contributed by atoms with Gasteiger partial charge in [0.15, 0.2) is 5.58 Å². The summed E-state index contributed by atoms with van der Waals surface area (Å²) in [6.45, 7) is 3.72. The first kappa shape index (κ1) is 21.6. The number of hydrogen-bond donors (Lipinski definition) is 2. The van der Waals surface area contributed by atoms with Gasteiger partial charge in [0.05, 0.1) is 18.8 Å². The highest BCUT2D eigenvalue weighted by Crippen LogP contribution is 2.36. The molecule has 36 heavy (non-hydrogen) atoms. The van der Waals surface area contributed by atoms with Gasteiger partial charge in [-0.25, -0.2) is 15.0 Å². The third-order valence-corrected chi connectivity index (χ3v) is 7.51. The van der Waals surface area contributed by atoms with Crippen LogP contribution in [0.4, 0.5) is 17.3 Å². The van der Waals surface area contributed by atoms with Gasteiger partial charge in [-0.3, -0.25) is 4.79 Å². The molecule has 2 saturated heterocycles. The largest absolute Gasteiger partial charge is 0.436 e. The molecule has 4 aromatic rings. The van der Waals surface area contributed by atoms with Crippen molar-refractivity contribution in [2.75, 3.05) is 48.9 Å². The maximum atomic E-state index is 12.3. The summed E-state index contributed by atoms with van der Waals surface area (Å²) in [6.07, 6.45) is 6.63. The van der Waals surface area contributed by atoms with Crippen LogP contribution in [0.1, 0.15) is 19.3 Å². The highest BCUT2D eigenvalue weighted by Gasteiger charge is 2.32. The van der Waals surface area contributed by atoms with Crippen molar-refractivity contribution in [1.29, 1.82) is 0 Å². The van der Waals surface area contributed by atoms with Gasteiger partial charge in [-0.1, -0.05) is 0 Å². The summed E-state index contributed by atoms with van der Waals surface area (Å²) in [4.78, 5) is 28.6. The Morgan fingerprint density at radius 1 is 1.06 bits per heavy atom. The summed E-state index contributed by atoms with van der Waals surface area (Å²) in [5, 5.41) is 7.77. The van der Waals surface area contributed by atoms with E-state index in [1.807, 2.05) is 19.2 Å². The van der Waals surface area contributed by atoms with E-state index in [0.29, 0.717) is 29.4 Å². The number of amides is 1. The van der Waals surface area contributed by atoms with Crippen LogP contribution in [0.25, 0.3) is 33.3 Å². The van der Waals surface area contributed by atoms with Crippen LogP contribution in [0.5, 0.6) is 0 Å². The lowest BCUT2D eigenvalue weighted by molar-refractivity contribution is -0.117. The number of benzene rings is 1. The fourth-order valence-corrected chi connectivity index (χ4v) is 5.55. The van der Waals surface area contributed by atoms with E-state index in [4.69, 9.17) is 14.1 Å². The van der Waals surface area contributed by atoms with Gasteiger partial charge in [0, 0.05) is 66.7 Å². The van der Waals surface area contributed by atoms with Crippen molar-refractivity contribution in [3.8, 4) is 11.5 Å². The SMILES string of the molecule is CNc1ncc(-c2nc3cc(N4CC5COCC(C5)C4)ccc3o2)c2cc(NC(=O)C3CC3)ncc12. The number of nitrogens with one attached hydrogen (secondary N) is 2. The number of carbonyl (C=O) groups excluding carboxylic acids is 1. The first-order valence-electron chi connectivity index (χ1n) is 12.7. The van der Waals surface area contributed by atoms with Crippen LogP contribution in [-0.2, 0) is 9.53 Å². The molecule has 2 bridgehead atoms. The first-order chi connectivity index (χ1) is 17.6. The first-order valence-corrected chi connectivity index (χ1v) is 12.7. The highest BCUT2D eigenvalue weighted by atomic mass is 16.5. The minimum absolute atomic E-state index is 0.0223. The molecule has 2 atom stereocenters. The van der Waals surface area contributed by atoms with Crippen LogP contribution in [0.3, 0.4) is 0 Å². The van der Waals surface area contributed by atoms with Crippen molar-refractivity contribution in [2.45, 2.75) is 19.3 Å². The number of oxazole rings is 1. The molecule has 7 rings (SSSR count). The predicted octanol–water partition coefficient (Wildman–Crippen LogP) is 4.30. The number of rotatable bonds is 5. The number of ether oxygens (including phenoxy) is 1. The van der Waals surface area contributed by atoms with E-state index in [2.05, 4.69) is 37.6 Å². The van der Waals surface area contributed by atoms with Crippen molar-refractivity contribution < 1.29 is 13.9 Å². The molecular weight excluding hydrogens is 456 g/mol. The van der Waals surface area contributed by atoms with E-state index in [1.54, 1.807) is 12.4 Å². The van der Waals surface area contributed by atoms with E-state index in [-0.39, 0.29) is 11.8 Å². The Hall–Kier alpha value is -3.72. The smallest absolute Gasteiger partial charge is 0.229 e. The molecule has 3 fully saturated rings. The molecule has 2 N–H and O–H groups in total. The fourth-order valence-electron chi connectivity index (χ4n) is 5.55. The number of fused-ring (bicyclic) bond motifs is 4. The van der Waals surface area contributed by atoms with Crippen molar-refractivity contribution in [1.82, 2.24) is 15.0 Å². The van der Waals surface area contributed by atoms with Crippen LogP contribution in [0.2, 0.25) is 0 Å². The molecule has 2 unspecified atom stereocenters. The normalized spacial score (nSPS) is 21.6. The lowest BCUT2D eigenvalue weighted by atomic mass is 9.88. The number of hydrogen-bond acceptors (Lipinski definition) is 8. The molecule has 5 heterocycles. The molecule has 3 aliphatic rings. The van der Waals surface area contributed by atoms with Crippen molar-refractivity contribution in [3.05, 3.63) is 36.7 Å². The maximum Gasteiger partial charge on any atom is 0.229 e. The minimum Gasteiger partial charge on any atom is -0.436 e. The quantitative estimate of drug-likeness (QED) is 0.432. The number of piperidine rings is 1. The summed E-state index contributed by atoms with van der Waals surface area (Å²) in [5.41, 5.74) is 3.48. The van der Waals surface area contributed by atoms with Gasteiger partial charge >= 0.3 is 0 Å². The zero-order valence-corrected chi connectivity index (χ0v) is 20.2. The van der Waals surface area contributed by atoms with Crippen molar-refractivity contribution in [2.24, 2.45) is 17.8 Å². The van der Waals surface area contributed by atoms with Crippen LogP contribution < -0.4 is 15.5 Å². The Morgan fingerprint density at radius 3 is 2.67 bits per heavy atom. The topological polar surface area (TPSA) is 105 Å². The van der Waals surface area contributed by atoms with E-state index < -0.39 is 0 Å². The molecule has 3 aromatic heterocycles. The Labute approximate surface area is 208 Å². The van der Waals surface area contributed by atoms with Crippen LogP contribution >= 0.6 is 0 Å². The summed E-state index contributed by atoms with van der Waals surface area (Å²) in [7, 11) is 1.83. The Kier molecular flexibility index (Phi) is 5.06. The number of aromatic nitrogens is 3. The molecule has 2 aliphatic heterocycles. The zero-order valence-electron chi connectivity index (χ0n) is 20.2.